The lowest BCUT2D eigenvalue weighted by molar-refractivity contribution is -0.136. The maximum absolute atomic E-state index is 11.7. The number of aliphatic carboxylic acids is 1. The number of carbonyl (C=O) groups is 1. The van der Waals surface area contributed by atoms with Crippen molar-refractivity contribution < 1.29 is 9.90 Å². The van der Waals surface area contributed by atoms with E-state index in [0.717, 1.165) is 29.1 Å². The Hall–Kier alpha value is -2.02. The molecule has 0 aliphatic heterocycles. The van der Waals surface area contributed by atoms with Gasteiger partial charge in [-0.3, -0.25) is 9.36 Å². The number of hydrogen-bond acceptors (Lipinski definition) is 4. The molecular weight excluding hydrogens is 290 g/mol. The Morgan fingerprint density at radius 2 is 2.00 bits per heavy atom. The molecule has 3 rings (SSSR count). The van der Waals surface area contributed by atoms with Crippen LogP contribution in [0.1, 0.15) is 30.0 Å². The predicted octanol–water partition coefficient (Wildman–Crippen LogP) is 1.83. The van der Waals surface area contributed by atoms with Gasteiger partial charge >= 0.3 is 11.7 Å². The van der Waals surface area contributed by atoms with Crippen molar-refractivity contribution in [3.05, 3.63) is 45.9 Å². The molecule has 0 amide bonds. The Balaban J connectivity index is 1.65. The Kier molecular flexibility index (Phi) is 3.83. The van der Waals surface area contributed by atoms with Crippen molar-refractivity contribution >= 4 is 17.7 Å². The second-order valence-electron chi connectivity index (χ2n) is 5.09. The van der Waals surface area contributed by atoms with E-state index in [2.05, 4.69) is 10.2 Å². The Morgan fingerprint density at radius 1 is 1.33 bits per heavy atom. The molecule has 0 radical (unpaired) electrons. The van der Waals surface area contributed by atoms with Crippen LogP contribution in [-0.2, 0) is 17.0 Å². The SMILES string of the molecule is O=C(O)Cc1ccc(CSc2n[nH]c(=O)n2C2CC2)cc1. The van der Waals surface area contributed by atoms with E-state index in [0.29, 0.717) is 11.8 Å². The minimum Gasteiger partial charge on any atom is -0.481 e. The van der Waals surface area contributed by atoms with Crippen LogP contribution in [0.2, 0.25) is 0 Å². The zero-order valence-corrected chi connectivity index (χ0v) is 12.1. The van der Waals surface area contributed by atoms with Gasteiger partial charge in [-0.1, -0.05) is 36.0 Å². The molecule has 1 aliphatic carbocycles. The van der Waals surface area contributed by atoms with Crippen LogP contribution in [0.3, 0.4) is 0 Å². The molecule has 7 heteroatoms. The fourth-order valence-corrected chi connectivity index (χ4v) is 3.09. The molecule has 6 nitrogen and oxygen atoms in total. The molecule has 0 saturated heterocycles. The van der Waals surface area contributed by atoms with Gasteiger partial charge in [0.05, 0.1) is 6.42 Å². The summed E-state index contributed by atoms with van der Waals surface area (Å²) in [6.07, 6.45) is 2.11. The van der Waals surface area contributed by atoms with Crippen molar-refractivity contribution in [1.82, 2.24) is 14.8 Å². The number of thioether (sulfide) groups is 1. The molecule has 21 heavy (non-hydrogen) atoms. The summed E-state index contributed by atoms with van der Waals surface area (Å²) in [5.74, 6) is -0.133. The molecule has 1 aromatic heterocycles. The van der Waals surface area contributed by atoms with Gasteiger partial charge in [0.25, 0.3) is 0 Å². The van der Waals surface area contributed by atoms with Crippen LogP contribution in [0.4, 0.5) is 0 Å². The number of H-pyrrole nitrogens is 1. The smallest absolute Gasteiger partial charge is 0.344 e. The highest BCUT2D eigenvalue weighted by Gasteiger charge is 2.28. The second kappa shape index (κ2) is 5.77. The van der Waals surface area contributed by atoms with Gasteiger partial charge in [0.1, 0.15) is 0 Å². The minimum absolute atomic E-state index is 0.0357. The Morgan fingerprint density at radius 3 is 2.62 bits per heavy atom. The summed E-state index contributed by atoms with van der Waals surface area (Å²) in [7, 11) is 0. The zero-order valence-electron chi connectivity index (χ0n) is 11.3. The van der Waals surface area contributed by atoms with E-state index in [1.165, 1.54) is 11.8 Å². The predicted molar refractivity (Wildman–Crippen MR) is 78.5 cm³/mol. The minimum atomic E-state index is -0.831. The summed E-state index contributed by atoms with van der Waals surface area (Å²) in [5.41, 5.74) is 1.72. The number of nitrogens with one attached hydrogen (secondary N) is 1. The molecule has 0 unspecified atom stereocenters. The third kappa shape index (κ3) is 3.36. The van der Waals surface area contributed by atoms with Gasteiger partial charge < -0.3 is 5.11 Å². The molecule has 1 aromatic carbocycles. The van der Waals surface area contributed by atoms with Crippen LogP contribution in [0.15, 0.2) is 34.2 Å². The third-order valence-corrected chi connectivity index (χ3v) is 4.35. The molecule has 0 spiro atoms. The maximum atomic E-state index is 11.7. The van der Waals surface area contributed by atoms with Gasteiger partial charge in [-0.2, -0.15) is 0 Å². The van der Waals surface area contributed by atoms with Gasteiger partial charge in [-0.15, -0.1) is 5.10 Å². The molecule has 1 aliphatic rings. The number of rotatable bonds is 6. The van der Waals surface area contributed by atoms with Gasteiger partial charge in [-0.05, 0) is 24.0 Å². The topological polar surface area (TPSA) is 88.0 Å². The number of carboxylic acid groups (broad SMARTS) is 1. The van der Waals surface area contributed by atoms with Gasteiger partial charge in [0.2, 0.25) is 0 Å². The summed E-state index contributed by atoms with van der Waals surface area (Å²) in [6.45, 7) is 0. The lowest BCUT2D eigenvalue weighted by Gasteiger charge is -2.04. The van der Waals surface area contributed by atoms with Crippen LogP contribution in [0.5, 0.6) is 0 Å². The lowest BCUT2D eigenvalue weighted by Crippen LogP contribution is -2.16. The Labute approximate surface area is 125 Å². The maximum Gasteiger partial charge on any atom is 0.344 e. The molecule has 2 aromatic rings. The molecule has 1 fully saturated rings. The second-order valence-corrected chi connectivity index (χ2v) is 6.03. The zero-order chi connectivity index (χ0) is 14.8. The van der Waals surface area contributed by atoms with Crippen molar-refractivity contribution in [3.8, 4) is 0 Å². The molecule has 1 saturated carbocycles. The number of carboxylic acids is 1. The first-order valence-electron chi connectivity index (χ1n) is 6.73. The van der Waals surface area contributed by atoms with E-state index in [4.69, 9.17) is 5.11 Å². The van der Waals surface area contributed by atoms with Gasteiger partial charge in [0.15, 0.2) is 5.16 Å². The fourth-order valence-electron chi connectivity index (χ4n) is 2.12. The average Bonchev–Trinajstić information content (AvgIpc) is 3.21. The van der Waals surface area contributed by atoms with Crippen molar-refractivity contribution in [1.29, 1.82) is 0 Å². The molecule has 110 valence electrons. The van der Waals surface area contributed by atoms with E-state index in [-0.39, 0.29) is 12.1 Å². The van der Waals surface area contributed by atoms with Crippen LogP contribution < -0.4 is 5.69 Å². The monoisotopic (exact) mass is 305 g/mol. The van der Waals surface area contributed by atoms with Crippen molar-refractivity contribution in [2.45, 2.75) is 36.2 Å². The molecule has 2 N–H and O–H groups in total. The first-order valence-corrected chi connectivity index (χ1v) is 7.71. The van der Waals surface area contributed by atoms with Gasteiger partial charge in [-0.25, -0.2) is 9.89 Å². The van der Waals surface area contributed by atoms with Crippen LogP contribution >= 0.6 is 11.8 Å². The Bertz CT molecular complexity index is 701. The van der Waals surface area contributed by atoms with Gasteiger partial charge in [0, 0.05) is 11.8 Å². The number of hydrogen-bond donors (Lipinski definition) is 2. The van der Waals surface area contributed by atoms with Crippen molar-refractivity contribution in [3.63, 3.8) is 0 Å². The number of aromatic nitrogens is 3. The summed E-state index contributed by atoms with van der Waals surface area (Å²) in [6, 6.07) is 7.77. The first-order chi connectivity index (χ1) is 10.1. The normalized spacial score (nSPS) is 14.3. The molecule has 0 bridgehead atoms. The number of benzene rings is 1. The highest BCUT2D eigenvalue weighted by Crippen LogP contribution is 2.36. The highest BCUT2D eigenvalue weighted by atomic mass is 32.2. The van der Waals surface area contributed by atoms with Crippen LogP contribution in [0, 0.1) is 0 Å². The summed E-state index contributed by atoms with van der Waals surface area (Å²) in [4.78, 5) is 22.3. The lowest BCUT2D eigenvalue weighted by atomic mass is 10.1. The first kappa shape index (κ1) is 13.9. The largest absolute Gasteiger partial charge is 0.481 e. The average molecular weight is 305 g/mol. The van der Waals surface area contributed by atoms with E-state index < -0.39 is 5.97 Å². The van der Waals surface area contributed by atoms with E-state index in [9.17, 15) is 9.59 Å². The van der Waals surface area contributed by atoms with Crippen LogP contribution in [0.25, 0.3) is 0 Å². The van der Waals surface area contributed by atoms with E-state index in [1.54, 1.807) is 4.57 Å². The summed E-state index contributed by atoms with van der Waals surface area (Å²) >= 11 is 1.51. The number of aromatic amines is 1. The highest BCUT2D eigenvalue weighted by molar-refractivity contribution is 7.98. The molecular formula is C14H15N3O3S. The standard InChI is InChI=1S/C14H15N3O3S/c18-12(19)7-9-1-3-10(4-2-9)8-21-14-16-15-13(20)17(14)11-5-6-11/h1-4,11H,5-8H2,(H,15,20)(H,18,19). The van der Waals surface area contributed by atoms with Crippen molar-refractivity contribution in [2.75, 3.05) is 0 Å². The summed E-state index contributed by atoms with van der Waals surface area (Å²) < 4.78 is 1.73. The van der Waals surface area contributed by atoms with E-state index in [1.807, 2.05) is 24.3 Å². The van der Waals surface area contributed by atoms with E-state index >= 15 is 0 Å². The molecule has 1 heterocycles. The fraction of sp³-hybridized carbons (Fsp3) is 0.357. The van der Waals surface area contributed by atoms with Crippen molar-refractivity contribution in [2.24, 2.45) is 0 Å². The third-order valence-electron chi connectivity index (χ3n) is 3.33. The van der Waals surface area contributed by atoms with Crippen LogP contribution in [-0.4, -0.2) is 25.8 Å². The number of nitrogens with zero attached hydrogens (tertiary/aromatic N) is 2. The summed E-state index contributed by atoms with van der Waals surface area (Å²) in [5, 5.41) is 16.0. The quantitative estimate of drug-likeness (QED) is 0.795. The molecule has 0 atom stereocenters.